The molecule has 3 rings (SSSR count). The van der Waals surface area contributed by atoms with E-state index in [-0.39, 0.29) is 23.4 Å². The first-order valence-corrected chi connectivity index (χ1v) is 10.9. The Morgan fingerprint density at radius 3 is 2.93 bits per heavy atom. The number of likely N-dealkylation sites (N-methyl/N-ethyl adjacent to an activating group) is 1. The van der Waals surface area contributed by atoms with Gasteiger partial charge < -0.3 is 20.5 Å². The molecule has 1 fully saturated rings. The van der Waals surface area contributed by atoms with Gasteiger partial charge in [0, 0.05) is 36.8 Å². The van der Waals surface area contributed by atoms with Crippen molar-refractivity contribution in [2.24, 2.45) is 5.92 Å². The summed E-state index contributed by atoms with van der Waals surface area (Å²) in [5.74, 6) is -0.530. The summed E-state index contributed by atoms with van der Waals surface area (Å²) in [7, 11) is 1.93. The number of hydrogen-bond acceptors (Lipinski definition) is 5. The fourth-order valence-electron chi connectivity index (χ4n) is 3.54. The molecule has 1 aliphatic rings. The quantitative estimate of drug-likeness (QED) is 0.644. The lowest BCUT2D eigenvalue weighted by atomic mass is 10.0. The second kappa shape index (κ2) is 10.0. The molecule has 0 radical (unpaired) electrons. The molecule has 0 bridgehead atoms. The molecule has 3 N–H and O–H groups in total. The molecule has 1 saturated heterocycles. The third-order valence-corrected chi connectivity index (χ3v) is 6.15. The molecule has 2 aromatic heterocycles. The van der Waals surface area contributed by atoms with Crippen LogP contribution in [0.15, 0.2) is 34.6 Å². The number of nitrogens with one attached hydrogen (secondary N) is 3. The van der Waals surface area contributed by atoms with Gasteiger partial charge in [0.1, 0.15) is 5.56 Å². The Morgan fingerprint density at radius 2 is 2.17 bits per heavy atom. The van der Waals surface area contributed by atoms with Crippen LogP contribution in [0.3, 0.4) is 0 Å². The van der Waals surface area contributed by atoms with E-state index in [4.69, 9.17) is 11.6 Å². The maximum Gasteiger partial charge on any atom is 0.260 e. The van der Waals surface area contributed by atoms with E-state index >= 15 is 0 Å². The molecule has 2 aromatic rings. The number of amides is 2. The van der Waals surface area contributed by atoms with Crippen LogP contribution in [0.4, 0.5) is 0 Å². The van der Waals surface area contributed by atoms with Crippen LogP contribution in [0, 0.1) is 5.92 Å². The van der Waals surface area contributed by atoms with Crippen molar-refractivity contribution in [3.05, 3.63) is 55.6 Å². The predicted molar refractivity (Wildman–Crippen MR) is 115 cm³/mol. The van der Waals surface area contributed by atoms with E-state index in [9.17, 15) is 14.4 Å². The van der Waals surface area contributed by atoms with Crippen molar-refractivity contribution in [1.29, 1.82) is 0 Å². The van der Waals surface area contributed by atoms with E-state index in [1.54, 1.807) is 11.3 Å². The standard InChI is InChI=1S/C20H25ClN4O3S/c1-25-11-13(18(26)22-7-6-16-3-2-8-29-16)4-5-15(12-25)24-20(28)17-9-14(21)10-23-19(17)27/h2-3,8-10,13,15H,4-7,11-12H2,1H3,(H,22,26)(H,23,27)(H,24,28)/t13-,15+/m1/s1. The summed E-state index contributed by atoms with van der Waals surface area (Å²) < 4.78 is 0. The summed E-state index contributed by atoms with van der Waals surface area (Å²) in [6, 6.07) is 5.29. The van der Waals surface area contributed by atoms with Crippen LogP contribution < -0.4 is 16.2 Å². The molecule has 0 saturated carbocycles. The molecule has 0 unspecified atom stereocenters. The number of H-pyrrole nitrogens is 1. The molecule has 3 heterocycles. The lowest BCUT2D eigenvalue weighted by molar-refractivity contribution is -0.125. The first-order valence-electron chi connectivity index (χ1n) is 9.60. The monoisotopic (exact) mass is 436 g/mol. The van der Waals surface area contributed by atoms with Crippen LogP contribution in [-0.4, -0.2) is 54.4 Å². The van der Waals surface area contributed by atoms with Crippen molar-refractivity contribution in [2.75, 3.05) is 26.7 Å². The molecule has 2 atom stereocenters. The van der Waals surface area contributed by atoms with E-state index in [2.05, 4.69) is 21.7 Å². The Kier molecular flexibility index (Phi) is 7.46. The summed E-state index contributed by atoms with van der Waals surface area (Å²) in [5, 5.41) is 8.26. The number of halogens is 1. The second-order valence-electron chi connectivity index (χ2n) is 7.35. The number of likely N-dealkylation sites (tertiary alicyclic amines) is 1. The zero-order chi connectivity index (χ0) is 20.8. The molecule has 0 spiro atoms. The summed E-state index contributed by atoms with van der Waals surface area (Å²) in [6.07, 6.45) is 3.52. The summed E-state index contributed by atoms with van der Waals surface area (Å²) in [5.41, 5.74) is -0.482. The minimum Gasteiger partial charge on any atom is -0.355 e. The summed E-state index contributed by atoms with van der Waals surface area (Å²) in [6.45, 7) is 1.87. The maximum atomic E-state index is 12.6. The molecular formula is C20H25ClN4O3S. The average Bonchev–Trinajstić information content (AvgIpc) is 3.12. The van der Waals surface area contributed by atoms with Crippen LogP contribution in [0.25, 0.3) is 0 Å². The lowest BCUT2D eigenvalue weighted by Crippen LogP contribution is -2.43. The predicted octanol–water partition coefficient (Wildman–Crippen LogP) is 1.89. The maximum absolute atomic E-state index is 12.6. The van der Waals surface area contributed by atoms with Crippen molar-refractivity contribution < 1.29 is 9.59 Å². The Morgan fingerprint density at radius 1 is 1.34 bits per heavy atom. The highest BCUT2D eigenvalue weighted by Crippen LogP contribution is 2.17. The number of nitrogens with zero attached hydrogens (tertiary/aromatic N) is 1. The first-order chi connectivity index (χ1) is 13.9. The van der Waals surface area contributed by atoms with Gasteiger partial charge in [0.05, 0.1) is 10.9 Å². The minimum atomic E-state index is -0.475. The molecule has 0 aromatic carbocycles. The fraction of sp³-hybridized carbons (Fsp3) is 0.450. The second-order valence-corrected chi connectivity index (χ2v) is 8.82. The number of thiophene rings is 1. The van der Waals surface area contributed by atoms with E-state index in [0.717, 1.165) is 6.42 Å². The van der Waals surface area contributed by atoms with Gasteiger partial charge in [-0.25, -0.2) is 0 Å². The molecule has 1 aliphatic heterocycles. The Labute approximate surface area is 178 Å². The molecule has 7 nitrogen and oxygen atoms in total. The Balaban J connectivity index is 1.52. The van der Waals surface area contributed by atoms with Gasteiger partial charge in [0.2, 0.25) is 5.91 Å². The number of aromatic nitrogens is 1. The first kappa shape index (κ1) is 21.5. The van der Waals surface area contributed by atoms with E-state index in [1.165, 1.54) is 17.1 Å². The highest BCUT2D eigenvalue weighted by molar-refractivity contribution is 7.09. The van der Waals surface area contributed by atoms with Gasteiger partial charge >= 0.3 is 0 Å². The van der Waals surface area contributed by atoms with Gasteiger partial charge in [0.15, 0.2) is 0 Å². The number of pyridine rings is 1. The van der Waals surface area contributed by atoms with Crippen molar-refractivity contribution in [3.8, 4) is 0 Å². The number of rotatable bonds is 6. The highest BCUT2D eigenvalue weighted by atomic mass is 35.5. The third-order valence-electron chi connectivity index (χ3n) is 5.00. The molecule has 2 amide bonds. The third kappa shape index (κ3) is 6.16. The topological polar surface area (TPSA) is 94.3 Å². The zero-order valence-corrected chi connectivity index (χ0v) is 17.8. The largest absolute Gasteiger partial charge is 0.355 e. The Bertz CT molecular complexity index is 899. The Hall–Kier alpha value is -2.16. The zero-order valence-electron chi connectivity index (χ0n) is 16.2. The normalized spacial score (nSPS) is 20.1. The van der Waals surface area contributed by atoms with Crippen molar-refractivity contribution in [2.45, 2.75) is 25.3 Å². The highest BCUT2D eigenvalue weighted by Gasteiger charge is 2.28. The summed E-state index contributed by atoms with van der Waals surface area (Å²) in [4.78, 5) is 42.7. The average molecular weight is 437 g/mol. The van der Waals surface area contributed by atoms with E-state index in [0.29, 0.717) is 37.5 Å². The van der Waals surface area contributed by atoms with Crippen molar-refractivity contribution >= 4 is 34.8 Å². The van der Waals surface area contributed by atoms with Crippen LogP contribution in [-0.2, 0) is 11.2 Å². The van der Waals surface area contributed by atoms with Gasteiger partial charge in [-0.1, -0.05) is 17.7 Å². The molecule has 29 heavy (non-hydrogen) atoms. The fourth-order valence-corrected chi connectivity index (χ4v) is 4.41. The van der Waals surface area contributed by atoms with Gasteiger partial charge in [-0.05, 0) is 43.8 Å². The van der Waals surface area contributed by atoms with Gasteiger partial charge in [-0.15, -0.1) is 11.3 Å². The van der Waals surface area contributed by atoms with Crippen LogP contribution in [0.5, 0.6) is 0 Å². The minimum absolute atomic E-state index is 0.00716. The van der Waals surface area contributed by atoms with Crippen LogP contribution in [0.2, 0.25) is 5.02 Å². The lowest BCUT2D eigenvalue weighted by Gasteiger charge is -2.21. The number of aromatic amines is 1. The van der Waals surface area contributed by atoms with Crippen LogP contribution >= 0.6 is 22.9 Å². The van der Waals surface area contributed by atoms with Crippen molar-refractivity contribution in [1.82, 2.24) is 20.5 Å². The summed E-state index contributed by atoms with van der Waals surface area (Å²) >= 11 is 7.57. The van der Waals surface area contributed by atoms with Crippen molar-refractivity contribution in [3.63, 3.8) is 0 Å². The molecule has 0 aliphatic carbocycles. The number of carbonyl (C=O) groups is 2. The molecule has 156 valence electrons. The number of carbonyl (C=O) groups excluding carboxylic acids is 2. The van der Waals surface area contributed by atoms with Gasteiger partial charge in [-0.2, -0.15) is 0 Å². The molecular weight excluding hydrogens is 412 g/mol. The smallest absolute Gasteiger partial charge is 0.260 e. The SMILES string of the molecule is CN1C[C@@H](NC(=O)c2cc(Cl)c[nH]c2=O)CC[C@@H](C(=O)NCCc2cccs2)C1. The van der Waals surface area contributed by atoms with Gasteiger partial charge in [-0.3, -0.25) is 14.4 Å². The van der Waals surface area contributed by atoms with E-state index in [1.807, 2.05) is 23.4 Å². The molecule has 9 heteroatoms. The van der Waals surface area contributed by atoms with E-state index < -0.39 is 11.5 Å². The van der Waals surface area contributed by atoms with Crippen LogP contribution in [0.1, 0.15) is 28.1 Å². The van der Waals surface area contributed by atoms with Gasteiger partial charge in [0.25, 0.3) is 11.5 Å². The number of hydrogen-bond donors (Lipinski definition) is 3.